The molecular weight excluding hydrogens is 382 g/mol. The molecule has 0 aliphatic carbocycles. The number of carbonyl (C=O) groups excluding carboxylic acids is 1. The van der Waals surface area contributed by atoms with Crippen LogP contribution in [0.4, 0.5) is 5.69 Å². The molecule has 0 saturated heterocycles. The van der Waals surface area contributed by atoms with Crippen LogP contribution in [0.25, 0.3) is 0 Å². The van der Waals surface area contributed by atoms with Crippen molar-refractivity contribution in [1.82, 2.24) is 10.6 Å². The zero-order chi connectivity index (χ0) is 19.4. The first kappa shape index (κ1) is 19.2. The first-order valence-electron chi connectivity index (χ1n) is 8.56. The van der Waals surface area contributed by atoms with Gasteiger partial charge >= 0.3 is 0 Å². The summed E-state index contributed by atoms with van der Waals surface area (Å²) in [5.41, 5.74) is 2.80. The quantitative estimate of drug-likeness (QED) is 0.656. The molecule has 0 spiro atoms. The van der Waals surface area contributed by atoms with Crippen LogP contribution in [0.2, 0.25) is 5.02 Å². The number of hydrogen-bond donors (Lipinski definition) is 3. The number of halogens is 1. The summed E-state index contributed by atoms with van der Waals surface area (Å²) in [5, 5.41) is 10.2. The van der Waals surface area contributed by atoms with Crippen LogP contribution < -0.4 is 20.7 Å². The van der Waals surface area contributed by atoms with Crippen LogP contribution in [0.1, 0.15) is 25.5 Å². The predicted octanol–water partition coefficient (Wildman–Crippen LogP) is 4.17. The lowest BCUT2D eigenvalue weighted by Crippen LogP contribution is -2.45. The average molecular weight is 402 g/mol. The maximum atomic E-state index is 13.0. The number of amides is 1. The fourth-order valence-electron chi connectivity index (χ4n) is 2.93. The lowest BCUT2D eigenvalue weighted by Gasteiger charge is -2.30. The van der Waals surface area contributed by atoms with Crippen molar-refractivity contribution in [2.24, 2.45) is 0 Å². The lowest BCUT2D eigenvalue weighted by molar-refractivity contribution is -0.113. The van der Waals surface area contributed by atoms with E-state index in [2.05, 4.69) is 16.0 Å². The van der Waals surface area contributed by atoms with Crippen molar-refractivity contribution in [3.63, 3.8) is 0 Å². The van der Waals surface area contributed by atoms with Gasteiger partial charge in [-0.1, -0.05) is 23.7 Å². The van der Waals surface area contributed by atoms with Crippen LogP contribution in [-0.4, -0.2) is 17.6 Å². The number of rotatable bonds is 5. The molecule has 1 aliphatic rings. The smallest absolute Gasteiger partial charge is 0.255 e. The maximum absolute atomic E-state index is 13.0. The largest absolute Gasteiger partial charge is 0.494 e. The Labute approximate surface area is 168 Å². The van der Waals surface area contributed by atoms with Crippen molar-refractivity contribution in [2.45, 2.75) is 19.9 Å². The first-order valence-corrected chi connectivity index (χ1v) is 9.34. The molecule has 0 radical (unpaired) electrons. The van der Waals surface area contributed by atoms with Crippen LogP contribution in [0.3, 0.4) is 0 Å². The van der Waals surface area contributed by atoms with E-state index < -0.39 is 0 Å². The van der Waals surface area contributed by atoms with Crippen LogP contribution >= 0.6 is 23.8 Å². The summed E-state index contributed by atoms with van der Waals surface area (Å²) in [5.74, 6) is 0.540. The number of ether oxygens (including phenoxy) is 1. The molecule has 2 aromatic rings. The second kappa shape index (κ2) is 8.41. The zero-order valence-electron chi connectivity index (χ0n) is 15.0. The Hall–Kier alpha value is -2.57. The predicted molar refractivity (Wildman–Crippen MR) is 112 cm³/mol. The highest BCUT2D eigenvalue weighted by atomic mass is 35.5. The summed E-state index contributed by atoms with van der Waals surface area (Å²) in [4.78, 5) is 13.0. The van der Waals surface area contributed by atoms with E-state index in [1.807, 2.05) is 56.3 Å². The number of benzene rings is 2. The summed E-state index contributed by atoms with van der Waals surface area (Å²) < 4.78 is 5.43. The van der Waals surface area contributed by atoms with E-state index in [1.165, 1.54) is 0 Å². The van der Waals surface area contributed by atoms with Crippen LogP contribution in [-0.2, 0) is 4.79 Å². The molecule has 1 amide bonds. The van der Waals surface area contributed by atoms with Crippen molar-refractivity contribution >= 4 is 40.5 Å². The van der Waals surface area contributed by atoms with E-state index in [-0.39, 0.29) is 11.9 Å². The van der Waals surface area contributed by atoms with Gasteiger partial charge in [-0.15, -0.1) is 0 Å². The summed E-state index contributed by atoms with van der Waals surface area (Å²) in [6, 6.07) is 14.2. The molecule has 27 heavy (non-hydrogen) atoms. The molecule has 0 aromatic heterocycles. The Morgan fingerprint density at radius 1 is 1.26 bits per heavy atom. The van der Waals surface area contributed by atoms with E-state index in [1.54, 1.807) is 6.07 Å². The van der Waals surface area contributed by atoms with Crippen molar-refractivity contribution in [2.75, 3.05) is 11.9 Å². The third-order valence-electron chi connectivity index (χ3n) is 4.12. The standard InChI is InChI=1S/C20H20ClN3O2S/c1-3-26-16-9-7-15(8-10-16)23-19(25)17-12(2)22-20(27)24-18(17)13-5-4-6-14(21)11-13/h4-11,18H,3H2,1-2H3,(H,23,25)(H2,22,24,27)/t18-/m1/s1. The van der Waals surface area contributed by atoms with Gasteiger partial charge < -0.3 is 20.7 Å². The molecule has 1 heterocycles. The van der Waals surface area contributed by atoms with Crippen LogP contribution in [0.5, 0.6) is 5.75 Å². The lowest BCUT2D eigenvalue weighted by atomic mass is 9.95. The molecule has 0 saturated carbocycles. The van der Waals surface area contributed by atoms with Gasteiger partial charge in [0.05, 0.1) is 18.2 Å². The molecule has 1 atom stereocenters. The normalized spacial score (nSPS) is 16.4. The minimum absolute atomic E-state index is 0.218. The Kier molecular flexibility index (Phi) is 5.98. The second-order valence-electron chi connectivity index (χ2n) is 6.04. The molecule has 0 unspecified atom stereocenters. The van der Waals surface area contributed by atoms with Gasteiger partial charge in [-0.2, -0.15) is 0 Å². The van der Waals surface area contributed by atoms with E-state index in [4.69, 9.17) is 28.6 Å². The number of thiocarbonyl (C=S) groups is 1. The Morgan fingerprint density at radius 3 is 2.67 bits per heavy atom. The van der Waals surface area contributed by atoms with Crippen molar-refractivity contribution in [3.8, 4) is 5.75 Å². The van der Waals surface area contributed by atoms with E-state index in [9.17, 15) is 4.79 Å². The SMILES string of the molecule is CCOc1ccc(NC(=O)C2=C(C)NC(=S)N[C@@H]2c2cccc(Cl)c2)cc1. The molecule has 1 aliphatic heterocycles. The van der Waals surface area contributed by atoms with Gasteiger partial charge in [0.15, 0.2) is 5.11 Å². The van der Waals surface area contributed by atoms with E-state index in [0.29, 0.717) is 33.7 Å². The van der Waals surface area contributed by atoms with Crippen molar-refractivity contribution in [3.05, 3.63) is 70.4 Å². The second-order valence-corrected chi connectivity index (χ2v) is 6.88. The first-order chi connectivity index (χ1) is 13.0. The fraction of sp³-hybridized carbons (Fsp3) is 0.200. The monoisotopic (exact) mass is 401 g/mol. The van der Waals surface area contributed by atoms with Crippen molar-refractivity contribution in [1.29, 1.82) is 0 Å². The van der Waals surface area contributed by atoms with Gasteiger partial charge in [0.1, 0.15) is 5.75 Å². The number of anilines is 1. The Bertz CT molecular complexity index is 896. The van der Waals surface area contributed by atoms with Gasteiger partial charge in [-0.05, 0) is 68.0 Å². The molecule has 3 rings (SSSR count). The van der Waals surface area contributed by atoms with Gasteiger partial charge in [-0.25, -0.2) is 0 Å². The molecule has 0 fully saturated rings. The molecule has 0 bridgehead atoms. The highest BCUT2D eigenvalue weighted by molar-refractivity contribution is 7.80. The topological polar surface area (TPSA) is 62.4 Å². The number of allylic oxidation sites excluding steroid dienone is 1. The van der Waals surface area contributed by atoms with E-state index >= 15 is 0 Å². The van der Waals surface area contributed by atoms with Gasteiger partial charge in [0.25, 0.3) is 5.91 Å². The van der Waals surface area contributed by atoms with Crippen LogP contribution in [0, 0.1) is 0 Å². The highest BCUT2D eigenvalue weighted by Crippen LogP contribution is 2.29. The average Bonchev–Trinajstić information content (AvgIpc) is 2.63. The highest BCUT2D eigenvalue weighted by Gasteiger charge is 2.30. The molecule has 2 aromatic carbocycles. The van der Waals surface area contributed by atoms with Gasteiger partial charge in [-0.3, -0.25) is 4.79 Å². The summed E-state index contributed by atoms with van der Waals surface area (Å²) >= 11 is 11.4. The molecule has 7 heteroatoms. The van der Waals surface area contributed by atoms with Gasteiger partial charge in [0, 0.05) is 16.4 Å². The minimum atomic E-state index is -0.389. The number of carbonyl (C=O) groups is 1. The number of hydrogen-bond acceptors (Lipinski definition) is 3. The third kappa shape index (κ3) is 4.59. The Balaban J connectivity index is 1.87. The third-order valence-corrected chi connectivity index (χ3v) is 4.57. The summed E-state index contributed by atoms with van der Waals surface area (Å²) in [7, 11) is 0. The summed E-state index contributed by atoms with van der Waals surface area (Å²) in [6.07, 6.45) is 0. The molecular formula is C20H20ClN3O2S. The number of nitrogens with one attached hydrogen (secondary N) is 3. The Morgan fingerprint density at radius 2 is 2.00 bits per heavy atom. The van der Waals surface area contributed by atoms with Crippen molar-refractivity contribution < 1.29 is 9.53 Å². The molecule has 5 nitrogen and oxygen atoms in total. The minimum Gasteiger partial charge on any atom is -0.494 e. The molecule has 3 N–H and O–H groups in total. The maximum Gasteiger partial charge on any atom is 0.255 e. The van der Waals surface area contributed by atoms with Gasteiger partial charge in [0.2, 0.25) is 0 Å². The zero-order valence-corrected chi connectivity index (χ0v) is 16.6. The fourth-order valence-corrected chi connectivity index (χ4v) is 3.40. The summed E-state index contributed by atoms with van der Waals surface area (Å²) in [6.45, 7) is 4.35. The molecule has 140 valence electrons. The van der Waals surface area contributed by atoms with Crippen LogP contribution in [0.15, 0.2) is 59.8 Å². The van der Waals surface area contributed by atoms with E-state index in [0.717, 1.165) is 11.3 Å².